The van der Waals surface area contributed by atoms with Crippen molar-refractivity contribution in [2.75, 3.05) is 18.4 Å². The third kappa shape index (κ3) is 5.06. The van der Waals surface area contributed by atoms with E-state index in [1.807, 2.05) is 0 Å². The zero-order valence-electron chi connectivity index (χ0n) is 15.0. The van der Waals surface area contributed by atoms with Crippen molar-refractivity contribution in [2.24, 2.45) is 0 Å². The first kappa shape index (κ1) is 19.9. The Morgan fingerprint density at radius 2 is 1.73 bits per heavy atom. The Hall–Kier alpha value is -2.38. The van der Waals surface area contributed by atoms with Gasteiger partial charge in [-0.15, -0.1) is 0 Å². The number of amides is 1. The molecule has 0 aliphatic rings. The summed E-state index contributed by atoms with van der Waals surface area (Å²) in [4.78, 5) is 12.3. The van der Waals surface area contributed by atoms with Crippen LogP contribution in [0.5, 0.6) is 5.75 Å². The number of carbonyl (C=O) groups excluding carboxylic acids is 1. The Morgan fingerprint density at radius 1 is 1.08 bits per heavy atom. The van der Waals surface area contributed by atoms with E-state index in [2.05, 4.69) is 5.32 Å². The van der Waals surface area contributed by atoms with Crippen LogP contribution in [0.3, 0.4) is 0 Å². The molecule has 0 radical (unpaired) electrons. The highest BCUT2D eigenvalue weighted by atomic mass is 32.2. The first-order valence-corrected chi connectivity index (χ1v) is 9.98. The largest absolute Gasteiger partial charge is 0.508 e. The molecule has 0 atom stereocenters. The summed E-state index contributed by atoms with van der Waals surface area (Å²) in [6, 6.07) is 13.0. The highest BCUT2D eigenvalue weighted by molar-refractivity contribution is 7.89. The van der Waals surface area contributed by atoms with Crippen LogP contribution in [0.25, 0.3) is 0 Å². The molecule has 0 heterocycles. The number of hydrogen-bond donors (Lipinski definition) is 2. The minimum absolute atomic E-state index is 0.0906. The Kier molecular flexibility index (Phi) is 6.76. The molecular weight excluding hydrogens is 352 g/mol. The number of anilines is 1. The van der Waals surface area contributed by atoms with Gasteiger partial charge in [0.25, 0.3) is 0 Å². The molecule has 0 unspecified atom stereocenters. The van der Waals surface area contributed by atoms with Gasteiger partial charge in [-0.05, 0) is 36.2 Å². The van der Waals surface area contributed by atoms with Crippen LogP contribution >= 0.6 is 0 Å². The van der Waals surface area contributed by atoms with Crippen LogP contribution in [0.1, 0.15) is 25.8 Å². The fourth-order valence-electron chi connectivity index (χ4n) is 2.61. The smallest absolute Gasteiger partial charge is 0.243 e. The second-order valence-corrected chi connectivity index (χ2v) is 7.77. The van der Waals surface area contributed by atoms with E-state index in [1.54, 1.807) is 50.2 Å². The predicted octanol–water partition coefficient (Wildman–Crippen LogP) is 2.99. The average Bonchev–Trinajstić information content (AvgIpc) is 2.61. The second-order valence-electron chi connectivity index (χ2n) is 5.83. The molecule has 0 spiro atoms. The van der Waals surface area contributed by atoms with E-state index >= 15 is 0 Å². The lowest BCUT2D eigenvalue weighted by Crippen LogP contribution is -2.30. The molecule has 6 nitrogen and oxygen atoms in total. The van der Waals surface area contributed by atoms with Gasteiger partial charge >= 0.3 is 0 Å². The predicted molar refractivity (Wildman–Crippen MR) is 102 cm³/mol. The molecule has 2 aromatic carbocycles. The van der Waals surface area contributed by atoms with E-state index < -0.39 is 10.0 Å². The SMILES string of the molecule is CCN(CC)S(=O)(=O)c1ccc(CCC(=O)Nc2cccc(O)c2)cc1. The highest BCUT2D eigenvalue weighted by Crippen LogP contribution is 2.18. The zero-order chi connectivity index (χ0) is 19.2. The van der Waals surface area contributed by atoms with Crippen molar-refractivity contribution < 1.29 is 18.3 Å². The number of aromatic hydroxyl groups is 1. The summed E-state index contributed by atoms with van der Waals surface area (Å²) in [6.07, 6.45) is 0.758. The number of phenols is 1. The summed E-state index contributed by atoms with van der Waals surface area (Å²) in [7, 11) is -3.46. The zero-order valence-corrected chi connectivity index (χ0v) is 15.8. The number of aryl methyl sites for hydroxylation is 1. The second kappa shape index (κ2) is 8.82. The first-order valence-electron chi connectivity index (χ1n) is 8.54. The molecule has 2 N–H and O–H groups in total. The fourth-order valence-corrected chi connectivity index (χ4v) is 4.06. The molecule has 26 heavy (non-hydrogen) atoms. The van der Waals surface area contributed by atoms with Crippen LogP contribution in [-0.2, 0) is 21.2 Å². The van der Waals surface area contributed by atoms with Gasteiger partial charge in [0.1, 0.15) is 5.75 Å². The fraction of sp³-hybridized carbons (Fsp3) is 0.316. The molecule has 0 aliphatic heterocycles. The number of carbonyl (C=O) groups is 1. The Morgan fingerprint density at radius 3 is 2.31 bits per heavy atom. The Balaban J connectivity index is 1.96. The summed E-state index contributed by atoms with van der Waals surface area (Å²) in [5.41, 5.74) is 1.42. The van der Waals surface area contributed by atoms with Gasteiger partial charge in [-0.1, -0.05) is 32.0 Å². The number of nitrogens with one attached hydrogen (secondary N) is 1. The molecule has 0 fully saturated rings. The molecule has 2 rings (SSSR count). The van der Waals surface area contributed by atoms with Crippen molar-refractivity contribution >= 4 is 21.6 Å². The van der Waals surface area contributed by atoms with E-state index in [9.17, 15) is 18.3 Å². The third-order valence-electron chi connectivity index (χ3n) is 4.04. The molecule has 1 amide bonds. The van der Waals surface area contributed by atoms with E-state index in [1.165, 1.54) is 16.4 Å². The first-order chi connectivity index (χ1) is 12.4. The van der Waals surface area contributed by atoms with Crippen LogP contribution in [0.15, 0.2) is 53.4 Å². The minimum Gasteiger partial charge on any atom is -0.508 e. The third-order valence-corrected chi connectivity index (χ3v) is 6.10. The summed E-state index contributed by atoms with van der Waals surface area (Å²) in [5.74, 6) is -0.0803. The number of sulfonamides is 1. The van der Waals surface area contributed by atoms with Crippen molar-refractivity contribution in [3.05, 3.63) is 54.1 Å². The molecule has 2 aromatic rings. The van der Waals surface area contributed by atoms with Crippen molar-refractivity contribution in [1.29, 1.82) is 0 Å². The molecule has 0 saturated carbocycles. The van der Waals surface area contributed by atoms with Gasteiger partial charge in [0.2, 0.25) is 15.9 Å². The van der Waals surface area contributed by atoms with E-state index in [-0.39, 0.29) is 23.0 Å². The van der Waals surface area contributed by atoms with E-state index in [4.69, 9.17) is 0 Å². The Labute approximate surface area is 154 Å². The number of rotatable bonds is 8. The molecule has 7 heteroatoms. The van der Waals surface area contributed by atoms with E-state index in [0.29, 0.717) is 25.2 Å². The maximum absolute atomic E-state index is 12.4. The van der Waals surface area contributed by atoms with Gasteiger partial charge < -0.3 is 10.4 Å². The summed E-state index contributed by atoms with van der Waals surface area (Å²) >= 11 is 0. The normalized spacial score (nSPS) is 11.5. The van der Waals surface area contributed by atoms with Crippen molar-refractivity contribution in [3.8, 4) is 5.75 Å². The summed E-state index contributed by atoms with van der Waals surface area (Å²) in [6.45, 7) is 4.46. The van der Waals surface area contributed by atoms with Crippen molar-refractivity contribution in [1.82, 2.24) is 4.31 Å². The van der Waals surface area contributed by atoms with Gasteiger partial charge in [-0.3, -0.25) is 4.79 Å². The lowest BCUT2D eigenvalue weighted by molar-refractivity contribution is -0.116. The summed E-state index contributed by atoms with van der Waals surface area (Å²) in [5, 5.41) is 12.1. The number of hydrogen-bond acceptors (Lipinski definition) is 4. The van der Waals surface area contributed by atoms with Gasteiger partial charge in [0, 0.05) is 31.3 Å². The van der Waals surface area contributed by atoms with Crippen LogP contribution in [0.4, 0.5) is 5.69 Å². The number of nitrogens with zero attached hydrogens (tertiary/aromatic N) is 1. The highest BCUT2D eigenvalue weighted by Gasteiger charge is 2.21. The average molecular weight is 376 g/mol. The molecule has 0 bridgehead atoms. The number of phenolic OH excluding ortho intramolecular Hbond substituents is 1. The van der Waals surface area contributed by atoms with Crippen LogP contribution < -0.4 is 5.32 Å². The van der Waals surface area contributed by atoms with Crippen LogP contribution in [-0.4, -0.2) is 36.8 Å². The van der Waals surface area contributed by atoms with E-state index in [0.717, 1.165) is 5.56 Å². The lowest BCUT2D eigenvalue weighted by atomic mass is 10.1. The minimum atomic E-state index is -3.46. The van der Waals surface area contributed by atoms with Gasteiger partial charge in [-0.25, -0.2) is 8.42 Å². The lowest BCUT2D eigenvalue weighted by Gasteiger charge is -2.18. The van der Waals surface area contributed by atoms with Crippen LogP contribution in [0, 0.1) is 0 Å². The van der Waals surface area contributed by atoms with Crippen LogP contribution in [0.2, 0.25) is 0 Å². The van der Waals surface area contributed by atoms with Crippen molar-refractivity contribution in [3.63, 3.8) is 0 Å². The quantitative estimate of drug-likeness (QED) is 0.741. The number of benzene rings is 2. The van der Waals surface area contributed by atoms with Gasteiger partial charge in [-0.2, -0.15) is 4.31 Å². The maximum Gasteiger partial charge on any atom is 0.243 e. The molecule has 0 aliphatic carbocycles. The molecular formula is C19H24N2O4S. The van der Waals surface area contributed by atoms with Crippen molar-refractivity contribution in [2.45, 2.75) is 31.6 Å². The van der Waals surface area contributed by atoms with Gasteiger partial charge in [0.05, 0.1) is 4.90 Å². The monoisotopic (exact) mass is 376 g/mol. The summed E-state index contributed by atoms with van der Waals surface area (Å²) < 4.78 is 26.3. The maximum atomic E-state index is 12.4. The van der Waals surface area contributed by atoms with Gasteiger partial charge in [0.15, 0.2) is 0 Å². The molecule has 0 aromatic heterocycles. The Bertz CT molecular complexity index is 844. The standard InChI is InChI=1S/C19H24N2O4S/c1-3-21(4-2)26(24,25)18-11-8-15(9-12-18)10-13-19(23)20-16-6-5-7-17(22)14-16/h5-9,11-12,14,22H,3-4,10,13H2,1-2H3,(H,20,23). The molecule has 0 saturated heterocycles. The topological polar surface area (TPSA) is 86.7 Å². The molecule has 140 valence electrons.